The highest BCUT2D eigenvalue weighted by Gasteiger charge is 2.19. The number of nitro groups is 1. The quantitative estimate of drug-likeness (QED) is 0.446. The van der Waals surface area contributed by atoms with Gasteiger partial charge in [0.05, 0.1) is 10.5 Å². The van der Waals surface area contributed by atoms with Gasteiger partial charge in [-0.25, -0.2) is 8.42 Å². The summed E-state index contributed by atoms with van der Waals surface area (Å²) in [4.78, 5) is 9.04. The third-order valence-corrected chi connectivity index (χ3v) is 2.92. The van der Waals surface area contributed by atoms with Gasteiger partial charge in [0.15, 0.2) is 0 Å². The first-order chi connectivity index (χ1) is 6.86. The van der Waals surface area contributed by atoms with Gasteiger partial charge in [0.2, 0.25) is 0 Å². The topological polar surface area (TPSA) is 101 Å². The Morgan fingerprint density at radius 1 is 1.47 bits per heavy atom. The van der Waals surface area contributed by atoms with Gasteiger partial charge in [0.25, 0.3) is 14.7 Å². The van der Waals surface area contributed by atoms with Crippen molar-refractivity contribution in [2.75, 3.05) is 0 Å². The number of nitriles is 1. The van der Waals surface area contributed by atoms with E-state index < -0.39 is 24.6 Å². The Bertz CT molecular complexity index is 561. The summed E-state index contributed by atoms with van der Waals surface area (Å²) in [5.74, 6) is 0. The molecule has 0 bridgehead atoms. The van der Waals surface area contributed by atoms with E-state index in [1.165, 1.54) is 0 Å². The second-order valence-corrected chi connectivity index (χ2v) is 5.02. The van der Waals surface area contributed by atoms with Crippen LogP contribution >= 0.6 is 10.7 Å². The van der Waals surface area contributed by atoms with E-state index in [-0.39, 0.29) is 5.56 Å². The molecule has 0 unspecified atom stereocenters. The largest absolute Gasteiger partial charge is 0.270 e. The van der Waals surface area contributed by atoms with Crippen molar-refractivity contribution in [2.45, 2.75) is 4.90 Å². The fraction of sp³-hybridized carbons (Fsp3) is 0. The molecule has 0 aliphatic rings. The van der Waals surface area contributed by atoms with E-state index in [1.54, 1.807) is 6.07 Å². The molecule has 0 aliphatic carbocycles. The van der Waals surface area contributed by atoms with Crippen LogP contribution in [0.25, 0.3) is 0 Å². The van der Waals surface area contributed by atoms with E-state index in [0.29, 0.717) is 0 Å². The molecule has 0 spiro atoms. The molecule has 1 aromatic rings. The third-order valence-electron chi connectivity index (χ3n) is 1.56. The zero-order valence-electron chi connectivity index (χ0n) is 7.05. The van der Waals surface area contributed by atoms with Gasteiger partial charge in [0.1, 0.15) is 11.0 Å². The van der Waals surface area contributed by atoms with Crippen molar-refractivity contribution in [1.29, 1.82) is 5.26 Å². The Morgan fingerprint density at radius 3 is 2.47 bits per heavy atom. The molecule has 0 atom stereocenters. The average molecular weight is 247 g/mol. The maximum Gasteiger partial charge on any atom is 0.270 e. The number of non-ortho nitro benzene ring substituents is 1. The van der Waals surface area contributed by atoms with Crippen molar-refractivity contribution in [3.8, 4) is 6.07 Å². The van der Waals surface area contributed by atoms with Crippen LogP contribution in [0.2, 0.25) is 0 Å². The van der Waals surface area contributed by atoms with E-state index in [2.05, 4.69) is 0 Å². The number of nitro benzene ring substituents is 1. The van der Waals surface area contributed by atoms with Gasteiger partial charge in [-0.15, -0.1) is 0 Å². The second kappa shape index (κ2) is 3.84. The van der Waals surface area contributed by atoms with Crippen molar-refractivity contribution in [3.05, 3.63) is 33.9 Å². The van der Waals surface area contributed by atoms with Crippen molar-refractivity contribution >= 4 is 25.4 Å². The summed E-state index contributed by atoms with van der Waals surface area (Å²) in [5.41, 5.74) is -0.663. The van der Waals surface area contributed by atoms with Crippen LogP contribution in [-0.4, -0.2) is 13.3 Å². The molecule has 0 fully saturated rings. The summed E-state index contributed by atoms with van der Waals surface area (Å²) in [6.07, 6.45) is 0. The van der Waals surface area contributed by atoms with Crippen LogP contribution in [0.15, 0.2) is 23.1 Å². The van der Waals surface area contributed by atoms with Gasteiger partial charge in [-0.1, -0.05) is 0 Å². The van der Waals surface area contributed by atoms with Gasteiger partial charge >= 0.3 is 0 Å². The SMILES string of the molecule is N#Cc1ccc([N+](=O)[O-])cc1S(=O)(=O)Cl. The predicted molar refractivity (Wildman–Crippen MR) is 50.9 cm³/mol. The Labute approximate surface area is 89.3 Å². The lowest BCUT2D eigenvalue weighted by atomic mass is 10.2. The van der Waals surface area contributed by atoms with Crippen LogP contribution in [0.5, 0.6) is 0 Å². The molecule has 6 nitrogen and oxygen atoms in total. The molecule has 0 saturated heterocycles. The van der Waals surface area contributed by atoms with Crippen LogP contribution in [0, 0.1) is 21.4 Å². The van der Waals surface area contributed by atoms with Gasteiger partial charge < -0.3 is 0 Å². The molecule has 0 aromatic heterocycles. The average Bonchev–Trinajstić information content (AvgIpc) is 2.15. The molecule has 0 N–H and O–H groups in total. The second-order valence-electron chi connectivity index (χ2n) is 2.49. The third kappa shape index (κ3) is 2.43. The van der Waals surface area contributed by atoms with Crippen molar-refractivity contribution < 1.29 is 13.3 Å². The van der Waals surface area contributed by atoms with Crippen LogP contribution in [-0.2, 0) is 9.05 Å². The molecule has 15 heavy (non-hydrogen) atoms. The van der Waals surface area contributed by atoms with Gasteiger partial charge in [-0.05, 0) is 6.07 Å². The molecule has 0 radical (unpaired) electrons. The monoisotopic (exact) mass is 246 g/mol. The Hall–Kier alpha value is -1.65. The minimum absolute atomic E-state index is 0.226. The first-order valence-corrected chi connectivity index (χ1v) is 5.80. The lowest BCUT2D eigenvalue weighted by Gasteiger charge is -1.98. The van der Waals surface area contributed by atoms with Gasteiger partial charge in [0, 0.05) is 22.8 Å². The Morgan fingerprint density at radius 2 is 2.07 bits per heavy atom. The summed E-state index contributed by atoms with van der Waals surface area (Å²) in [6.45, 7) is 0. The summed E-state index contributed by atoms with van der Waals surface area (Å²) in [7, 11) is 0.861. The van der Waals surface area contributed by atoms with E-state index in [4.69, 9.17) is 15.9 Å². The smallest absolute Gasteiger partial charge is 0.258 e. The molecule has 78 valence electrons. The zero-order chi connectivity index (χ0) is 11.6. The minimum atomic E-state index is -4.16. The fourth-order valence-corrected chi connectivity index (χ4v) is 1.94. The lowest BCUT2D eigenvalue weighted by molar-refractivity contribution is -0.385. The van der Waals surface area contributed by atoms with Crippen molar-refractivity contribution in [3.63, 3.8) is 0 Å². The lowest BCUT2D eigenvalue weighted by Crippen LogP contribution is -1.97. The standard InChI is InChI=1S/C7H3ClN2O4S/c8-15(13,14)7-3-6(10(11)12)2-1-5(7)4-9/h1-3H. The van der Waals surface area contributed by atoms with Crippen LogP contribution in [0.4, 0.5) is 5.69 Å². The minimum Gasteiger partial charge on any atom is -0.258 e. The molecule has 1 rings (SSSR count). The first-order valence-electron chi connectivity index (χ1n) is 3.49. The van der Waals surface area contributed by atoms with Gasteiger partial charge in [-0.2, -0.15) is 5.26 Å². The summed E-state index contributed by atoms with van der Waals surface area (Å²) in [5, 5.41) is 18.9. The highest BCUT2D eigenvalue weighted by Crippen LogP contribution is 2.24. The number of halogens is 1. The maximum absolute atomic E-state index is 11.0. The van der Waals surface area contributed by atoms with E-state index in [0.717, 1.165) is 18.2 Å². The number of hydrogen-bond donors (Lipinski definition) is 0. The van der Waals surface area contributed by atoms with Gasteiger partial charge in [-0.3, -0.25) is 10.1 Å². The first kappa shape index (κ1) is 11.4. The normalized spacial score (nSPS) is 10.7. The van der Waals surface area contributed by atoms with Crippen LogP contribution in [0.3, 0.4) is 0 Å². The molecule has 0 heterocycles. The number of benzene rings is 1. The molecular weight excluding hydrogens is 244 g/mol. The number of hydrogen-bond acceptors (Lipinski definition) is 5. The summed E-state index contributed by atoms with van der Waals surface area (Å²) < 4.78 is 22.0. The summed E-state index contributed by atoms with van der Waals surface area (Å²) in [6, 6.07) is 4.40. The number of rotatable bonds is 2. The highest BCUT2D eigenvalue weighted by atomic mass is 35.7. The number of nitrogens with zero attached hydrogens (tertiary/aromatic N) is 2. The zero-order valence-corrected chi connectivity index (χ0v) is 8.62. The maximum atomic E-state index is 11.0. The molecular formula is C7H3ClN2O4S. The molecule has 1 aromatic carbocycles. The van der Waals surface area contributed by atoms with Crippen molar-refractivity contribution in [1.82, 2.24) is 0 Å². The van der Waals surface area contributed by atoms with Crippen molar-refractivity contribution in [2.24, 2.45) is 0 Å². The van der Waals surface area contributed by atoms with E-state index in [1.807, 2.05) is 0 Å². The molecule has 0 saturated carbocycles. The molecule has 0 amide bonds. The fourth-order valence-electron chi connectivity index (χ4n) is 0.919. The predicted octanol–water partition coefficient (Wildman–Crippen LogP) is 1.39. The van der Waals surface area contributed by atoms with Crippen LogP contribution in [0.1, 0.15) is 5.56 Å². The highest BCUT2D eigenvalue weighted by molar-refractivity contribution is 8.13. The molecule has 0 aliphatic heterocycles. The van der Waals surface area contributed by atoms with E-state index >= 15 is 0 Å². The Kier molecular flexibility index (Phi) is 2.93. The molecule has 8 heteroatoms. The summed E-state index contributed by atoms with van der Waals surface area (Å²) >= 11 is 0. The van der Waals surface area contributed by atoms with E-state index in [9.17, 15) is 18.5 Å². The van der Waals surface area contributed by atoms with Crippen LogP contribution < -0.4 is 0 Å². The Balaban J connectivity index is 3.55.